The summed E-state index contributed by atoms with van der Waals surface area (Å²) in [6.07, 6.45) is -0.290. The molecular formula is C8H12F3NO5S. The van der Waals surface area contributed by atoms with Gasteiger partial charge >= 0.3 is 21.7 Å². The molecule has 1 unspecified atom stereocenters. The third kappa shape index (κ3) is 3.73. The van der Waals surface area contributed by atoms with Crippen LogP contribution >= 0.6 is 0 Å². The minimum absolute atomic E-state index is 0.0251. The van der Waals surface area contributed by atoms with Gasteiger partial charge in [-0.1, -0.05) is 0 Å². The monoisotopic (exact) mass is 291 g/mol. The molecule has 1 atom stereocenters. The molecule has 1 amide bonds. The summed E-state index contributed by atoms with van der Waals surface area (Å²) in [6.45, 7) is -0.397. The molecule has 0 aromatic rings. The fourth-order valence-corrected chi connectivity index (χ4v) is 2.13. The normalized spacial score (nSPS) is 21.9. The summed E-state index contributed by atoms with van der Waals surface area (Å²) in [4.78, 5) is 11.7. The molecule has 1 N–H and O–H groups in total. The Morgan fingerprint density at radius 3 is 2.56 bits per heavy atom. The van der Waals surface area contributed by atoms with E-state index in [0.717, 1.165) is 4.90 Å². The lowest BCUT2D eigenvalue weighted by Crippen LogP contribution is -2.41. The standard InChI is InChI=1S/C8H12F3NO5S/c9-8(10,11)18(15,16)17-5-6-2-1-3-12(4-6)7(13)14/h6H,1-5H2,(H,13,14). The van der Waals surface area contributed by atoms with Crippen molar-refractivity contribution >= 4 is 16.2 Å². The maximum absolute atomic E-state index is 12.0. The number of nitrogens with zero attached hydrogens (tertiary/aromatic N) is 1. The van der Waals surface area contributed by atoms with Crippen molar-refractivity contribution in [1.29, 1.82) is 0 Å². The average Bonchev–Trinajstić information content (AvgIpc) is 2.25. The van der Waals surface area contributed by atoms with Gasteiger partial charge in [-0.25, -0.2) is 4.79 Å². The number of rotatable bonds is 3. The fraction of sp³-hybridized carbons (Fsp3) is 0.875. The maximum atomic E-state index is 12.0. The lowest BCUT2D eigenvalue weighted by atomic mass is 10.00. The number of likely N-dealkylation sites (tertiary alicyclic amines) is 1. The van der Waals surface area contributed by atoms with E-state index >= 15 is 0 Å². The predicted molar refractivity (Wildman–Crippen MR) is 53.2 cm³/mol. The Hall–Kier alpha value is -1.03. The van der Waals surface area contributed by atoms with Gasteiger partial charge in [0, 0.05) is 19.0 Å². The molecule has 1 aliphatic heterocycles. The van der Waals surface area contributed by atoms with Crippen molar-refractivity contribution < 1.29 is 35.7 Å². The van der Waals surface area contributed by atoms with Crippen LogP contribution in [-0.4, -0.2) is 49.7 Å². The number of hydrogen-bond donors (Lipinski definition) is 1. The third-order valence-electron chi connectivity index (χ3n) is 2.53. The van der Waals surface area contributed by atoms with E-state index in [1.54, 1.807) is 0 Å². The van der Waals surface area contributed by atoms with Crippen LogP contribution in [0.3, 0.4) is 0 Å². The fourth-order valence-electron chi connectivity index (χ4n) is 1.63. The first-order valence-electron chi connectivity index (χ1n) is 5.07. The number of carbonyl (C=O) groups is 1. The molecule has 18 heavy (non-hydrogen) atoms. The van der Waals surface area contributed by atoms with E-state index in [0.29, 0.717) is 12.8 Å². The molecule has 0 aromatic heterocycles. The van der Waals surface area contributed by atoms with Gasteiger partial charge in [0.15, 0.2) is 0 Å². The third-order valence-corrected chi connectivity index (χ3v) is 3.55. The summed E-state index contributed by atoms with van der Waals surface area (Å²) in [5.41, 5.74) is -5.45. The van der Waals surface area contributed by atoms with Crippen molar-refractivity contribution in [3.05, 3.63) is 0 Å². The largest absolute Gasteiger partial charge is 0.523 e. The topological polar surface area (TPSA) is 83.9 Å². The Morgan fingerprint density at radius 1 is 1.44 bits per heavy atom. The molecular weight excluding hydrogens is 279 g/mol. The molecule has 0 aromatic carbocycles. The van der Waals surface area contributed by atoms with Crippen molar-refractivity contribution in [1.82, 2.24) is 4.90 Å². The number of hydrogen-bond acceptors (Lipinski definition) is 4. The van der Waals surface area contributed by atoms with Crippen LogP contribution < -0.4 is 0 Å². The smallest absolute Gasteiger partial charge is 0.465 e. The quantitative estimate of drug-likeness (QED) is 0.625. The van der Waals surface area contributed by atoms with Crippen molar-refractivity contribution in [3.63, 3.8) is 0 Å². The number of alkyl halides is 3. The van der Waals surface area contributed by atoms with Crippen LogP contribution in [0.2, 0.25) is 0 Å². The number of carboxylic acid groups (broad SMARTS) is 1. The minimum Gasteiger partial charge on any atom is -0.465 e. The van der Waals surface area contributed by atoms with Gasteiger partial charge in [0.25, 0.3) is 0 Å². The summed E-state index contributed by atoms with van der Waals surface area (Å²) < 4.78 is 61.1. The molecule has 1 fully saturated rings. The van der Waals surface area contributed by atoms with Crippen LogP contribution in [0.4, 0.5) is 18.0 Å². The van der Waals surface area contributed by atoms with Crippen LogP contribution in [0.1, 0.15) is 12.8 Å². The lowest BCUT2D eigenvalue weighted by molar-refractivity contribution is -0.0555. The molecule has 0 aliphatic carbocycles. The predicted octanol–water partition coefficient (Wildman–Crippen LogP) is 1.24. The van der Waals surface area contributed by atoms with Crippen LogP contribution in [0.25, 0.3) is 0 Å². The van der Waals surface area contributed by atoms with Crippen LogP contribution in [0.15, 0.2) is 0 Å². The van der Waals surface area contributed by atoms with Gasteiger partial charge in [-0.15, -0.1) is 0 Å². The van der Waals surface area contributed by atoms with Gasteiger partial charge < -0.3 is 10.0 Å². The number of amides is 1. The van der Waals surface area contributed by atoms with Gasteiger partial charge in [-0.2, -0.15) is 21.6 Å². The van der Waals surface area contributed by atoms with Crippen LogP contribution in [-0.2, 0) is 14.3 Å². The van der Waals surface area contributed by atoms with Gasteiger partial charge in [0.1, 0.15) is 0 Å². The minimum atomic E-state index is -5.60. The molecule has 0 saturated carbocycles. The molecule has 0 bridgehead atoms. The van der Waals surface area contributed by atoms with Gasteiger partial charge in [0.05, 0.1) is 6.61 Å². The van der Waals surface area contributed by atoms with Crippen molar-refractivity contribution in [2.75, 3.05) is 19.7 Å². The Kier molecular flexibility index (Phi) is 4.43. The molecule has 0 radical (unpaired) electrons. The summed E-state index contributed by atoms with van der Waals surface area (Å²) in [5.74, 6) is -0.549. The average molecular weight is 291 g/mol. The zero-order chi connectivity index (χ0) is 14.0. The highest BCUT2D eigenvalue weighted by molar-refractivity contribution is 7.87. The van der Waals surface area contributed by atoms with E-state index in [1.807, 2.05) is 0 Å². The molecule has 1 rings (SSSR count). The maximum Gasteiger partial charge on any atom is 0.523 e. The van der Waals surface area contributed by atoms with Crippen LogP contribution in [0.5, 0.6) is 0 Å². The van der Waals surface area contributed by atoms with E-state index in [2.05, 4.69) is 4.18 Å². The summed E-state index contributed by atoms with van der Waals surface area (Å²) >= 11 is 0. The summed E-state index contributed by atoms with van der Waals surface area (Å²) in [5, 5.41) is 8.70. The van der Waals surface area contributed by atoms with Gasteiger partial charge in [-0.3, -0.25) is 4.18 Å². The lowest BCUT2D eigenvalue weighted by Gasteiger charge is -2.30. The first kappa shape index (κ1) is 15.0. The van der Waals surface area contributed by atoms with E-state index in [-0.39, 0.29) is 13.1 Å². The molecule has 6 nitrogen and oxygen atoms in total. The molecule has 1 saturated heterocycles. The zero-order valence-electron chi connectivity index (χ0n) is 9.18. The summed E-state index contributed by atoms with van der Waals surface area (Å²) in [6, 6.07) is 0. The number of halogens is 3. The molecule has 10 heteroatoms. The Morgan fingerprint density at radius 2 is 2.06 bits per heavy atom. The highest BCUT2D eigenvalue weighted by atomic mass is 32.2. The van der Waals surface area contributed by atoms with E-state index in [9.17, 15) is 26.4 Å². The van der Waals surface area contributed by atoms with E-state index in [4.69, 9.17) is 5.11 Å². The van der Waals surface area contributed by atoms with Gasteiger partial charge in [-0.05, 0) is 12.8 Å². The van der Waals surface area contributed by atoms with Crippen molar-refractivity contribution in [3.8, 4) is 0 Å². The number of piperidine rings is 1. The second-order valence-corrected chi connectivity index (χ2v) is 5.53. The molecule has 106 valence electrons. The summed E-state index contributed by atoms with van der Waals surface area (Å²) in [7, 11) is -5.60. The molecule has 1 aliphatic rings. The second-order valence-electron chi connectivity index (χ2n) is 3.92. The van der Waals surface area contributed by atoms with E-state index < -0.39 is 34.2 Å². The molecule has 1 heterocycles. The Bertz CT molecular complexity index is 407. The highest BCUT2D eigenvalue weighted by Crippen LogP contribution is 2.26. The highest BCUT2D eigenvalue weighted by Gasteiger charge is 2.47. The Balaban J connectivity index is 2.52. The first-order chi connectivity index (χ1) is 8.13. The Labute approximate surface area is 101 Å². The van der Waals surface area contributed by atoms with Crippen LogP contribution in [0, 0.1) is 5.92 Å². The van der Waals surface area contributed by atoms with Crippen molar-refractivity contribution in [2.45, 2.75) is 18.3 Å². The second kappa shape index (κ2) is 5.31. The van der Waals surface area contributed by atoms with E-state index in [1.165, 1.54) is 0 Å². The van der Waals surface area contributed by atoms with Crippen molar-refractivity contribution in [2.24, 2.45) is 5.92 Å². The first-order valence-corrected chi connectivity index (χ1v) is 6.48. The SMILES string of the molecule is O=C(O)N1CCCC(COS(=O)(=O)C(F)(F)F)C1. The van der Waals surface area contributed by atoms with Gasteiger partial charge in [0.2, 0.25) is 0 Å². The zero-order valence-corrected chi connectivity index (χ0v) is 10.00. The molecule has 0 spiro atoms.